The lowest BCUT2D eigenvalue weighted by Gasteiger charge is -2.04. The van der Waals surface area contributed by atoms with Gasteiger partial charge in [0.1, 0.15) is 21.9 Å². The molecule has 0 spiro atoms. The van der Waals surface area contributed by atoms with Crippen LogP contribution in [-0.4, -0.2) is 21.6 Å². The normalized spacial score (nSPS) is 10.5. The topological polar surface area (TPSA) is 50.8 Å². The zero-order valence-electron chi connectivity index (χ0n) is 8.57. The molecule has 0 atom stereocenters. The van der Waals surface area contributed by atoms with Crippen molar-refractivity contribution in [3.63, 3.8) is 0 Å². The van der Waals surface area contributed by atoms with Crippen LogP contribution in [0.3, 0.4) is 0 Å². The third-order valence-electron chi connectivity index (χ3n) is 1.97. The Kier molecular flexibility index (Phi) is 2.64. The molecule has 15 heavy (non-hydrogen) atoms. The smallest absolute Gasteiger partial charge is 0.141 e. The molecule has 2 aromatic rings. The number of rotatable bonds is 2. The molecule has 78 valence electrons. The number of aromatic amines is 1. The maximum atomic E-state index is 5.35. The fourth-order valence-electron chi connectivity index (χ4n) is 1.37. The summed E-state index contributed by atoms with van der Waals surface area (Å²) in [5, 5.41) is 0.821. The van der Waals surface area contributed by atoms with Crippen molar-refractivity contribution in [3.05, 3.63) is 22.7 Å². The van der Waals surface area contributed by atoms with Crippen molar-refractivity contribution < 1.29 is 4.74 Å². The number of hydrogen-bond donors (Lipinski definition) is 1. The fraction of sp³-hybridized carbons (Fsp3) is 0.300. The predicted octanol–water partition coefficient (Wildman–Crippen LogP) is 2.39. The van der Waals surface area contributed by atoms with Crippen molar-refractivity contribution in [3.8, 4) is 5.75 Å². The van der Waals surface area contributed by atoms with E-state index in [1.807, 2.05) is 19.9 Å². The number of hydrogen-bond acceptors (Lipinski definition) is 4. The van der Waals surface area contributed by atoms with Crippen molar-refractivity contribution in [2.24, 2.45) is 0 Å². The molecule has 0 aliphatic carbocycles. The highest BCUT2D eigenvalue weighted by Crippen LogP contribution is 2.17. The van der Waals surface area contributed by atoms with Crippen LogP contribution in [0.1, 0.15) is 12.7 Å². The van der Waals surface area contributed by atoms with Gasteiger partial charge in [0.15, 0.2) is 0 Å². The van der Waals surface area contributed by atoms with Gasteiger partial charge in [0.25, 0.3) is 0 Å². The van der Waals surface area contributed by atoms with E-state index in [1.165, 1.54) is 0 Å². The summed E-state index contributed by atoms with van der Waals surface area (Å²) in [4.78, 5) is 11.5. The zero-order chi connectivity index (χ0) is 10.8. The summed E-state index contributed by atoms with van der Waals surface area (Å²) in [6, 6.07) is 1.86. The molecule has 0 fully saturated rings. The third-order valence-corrected chi connectivity index (χ3v) is 2.28. The highest BCUT2D eigenvalue weighted by molar-refractivity contribution is 7.71. The van der Waals surface area contributed by atoms with Crippen LogP contribution in [0.4, 0.5) is 0 Å². The molecule has 4 nitrogen and oxygen atoms in total. The van der Waals surface area contributed by atoms with Crippen LogP contribution < -0.4 is 4.74 Å². The van der Waals surface area contributed by atoms with Gasteiger partial charge in [-0.25, -0.2) is 9.97 Å². The molecule has 2 rings (SSSR count). The fourth-order valence-corrected chi connectivity index (χ4v) is 1.66. The Bertz CT molecular complexity index is 550. The Balaban J connectivity index is 2.66. The Labute approximate surface area is 92.3 Å². The van der Waals surface area contributed by atoms with E-state index in [4.69, 9.17) is 17.0 Å². The number of pyridine rings is 1. The third kappa shape index (κ3) is 1.97. The molecule has 0 aromatic carbocycles. The number of H-pyrrole nitrogens is 1. The predicted molar refractivity (Wildman–Crippen MR) is 60.6 cm³/mol. The summed E-state index contributed by atoms with van der Waals surface area (Å²) < 4.78 is 5.90. The van der Waals surface area contributed by atoms with Gasteiger partial charge in [0.2, 0.25) is 0 Å². The molecule has 0 saturated heterocycles. The standard InChI is InChI=1S/C10H11N3OS/c1-3-14-7-4-8-9(11-5-7)12-6(2)13-10(8)15/h4-5H,3H2,1-2H3,(H,11,12,13,15). The minimum Gasteiger partial charge on any atom is -0.492 e. The second-order valence-electron chi connectivity index (χ2n) is 3.13. The molecule has 5 heteroatoms. The van der Waals surface area contributed by atoms with Gasteiger partial charge in [-0.3, -0.25) is 0 Å². The van der Waals surface area contributed by atoms with Gasteiger partial charge in [-0.1, -0.05) is 12.2 Å². The van der Waals surface area contributed by atoms with E-state index in [0.717, 1.165) is 22.6 Å². The minimum atomic E-state index is 0.551. The van der Waals surface area contributed by atoms with Gasteiger partial charge < -0.3 is 9.72 Å². The number of fused-ring (bicyclic) bond motifs is 1. The van der Waals surface area contributed by atoms with Crippen LogP contribution in [0.5, 0.6) is 5.75 Å². The van der Waals surface area contributed by atoms with E-state index in [-0.39, 0.29) is 0 Å². The second kappa shape index (κ2) is 3.94. The molecule has 0 unspecified atom stereocenters. The number of ether oxygens (including phenoxy) is 1. The summed E-state index contributed by atoms with van der Waals surface area (Å²) in [5.41, 5.74) is 0.746. The number of aromatic nitrogens is 3. The molecule has 0 bridgehead atoms. The molecule has 0 radical (unpaired) electrons. The summed E-state index contributed by atoms with van der Waals surface area (Å²) >= 11 is 5.16. The highest BCUT2D eigenvalue weighted by Gasteiger charge is 2.02. The van der Waals surface area contributed by atoms with E-state index >= 15 is 0 Å². The number of nitrogens with zero attached hydrogens (tertiary/aromatic N) is 2. The summed E-state index contributed by atoms with van der Waals surface area (Å²) in [6.45, 7) is 4.40. The van der Waals surface area contributed by atoms with Crippen LogP contribution in [-0.2, 0) is 0 Å². The molecule has 2 heterocycles. The average Bonchev–Trinajstić information content (AvgIpc) is 2.19. The van der Waals surface area contributed by atoms with Gasteiger partial charge in [0, 0.05) is 0 Å². The van der Waals surface area contributed by atoms with Crippen molar-refractivity contribution in [2.75, 3.05) is 6.61 Å². The first-order valence-electron chi connectivity index (χ1n) is 4.70. The quantitative estimate of drug-likeness (QED) is 0.791. The maximum Gasteiger partial charge on any atom is 0.141 e. The van der Waals surface area contributed by atoms with Crippen LogP contribution in [0, 0.1) is 11.6 Å². The maximum absolute atomic E-state index is 5.35. The van der Waals surface area contributed by atoms with Gasteiger partial charge >= 0.3 is 0 Å². The highest BCUT2D eigenvalue weighted by atomic mass is 32.1. The Morgan fingerprint density at radius 1 is 1.53 bits per heavy atom. The van der Waals surface area contributed by atoms with E-state index < -0.39 is 0 Å². The van der Waals surface area contributed by atoms with E-state index in [1.54, 1.807) is 6.20 Å². The first-order chi connectivity index (χ1) is 7.20. The first-order valence-corrected chi connectivity index (χ1v) is 5.11. The lowest BCUT2D eigenvalue weighted by molar-refractivity contribution is 0.339. The molecule has 0 aliphatic rings. The molecular formula is C10H11N3OS. The number of aryl methyl sites for hydroxylation is 1. The zero-order valence-corrected chi connectivity index (χ0v) is 9.39. The van der Waals surface area contributed by atoms with Gasteiger partial charge in [-0.05, 0) is 19.9 Å². The monoisotopic (exact) mass is 221 g/mol. The van der Waals surface area contributed by atoms with E-state index in [2.05, 4.69) is 15.0 Å². The Morgan fingerprint density at radius 2 is 2.33 bits per heavy atom. The second-order valence-corrected chi connectivity index (χ2v) is 3.51. The number of nitrogens with one attached hydrogen (secondary N) is 1. The van der Waals surface area contributed by atoms with Gasteiger partial charge in [0.05, 0.1) is 18.2 Å². The largest absolute Gasteiger partial charge is 0.492 e. The molecule has 0 aliphatic heterocycles. The van der Waals surface area contributed by atoms with Crippen LogP contribution >= 0.6 is 12.2 Å². The molecular weight excluding hydrogens is 210 g/mol. The van der Waals surface area contributed by atoms with Crippen molar-refractivity contribution in [1.82, 2.24) is 15.0 Å². The van der Waals surface area contributed by atoms with E-state index in [9.17, 15) is 0 Å². The molecule has 0 amide bonds. The molecule has 2 aromatic heterocycles. The Morgan fingerprint density at radius 3 is 3.07 bits per heavy atom. The Hall–Kier alpha value is -1.49. The minimum absolute atomic E-state index is 0.551. The van der Waals surface area contributed by atoms with Crippen molar-refractivity contribution in [2.45, 2.75) is 13.8 Å². The summed E-state index contributed by atoms with van der Waals surface area (Å²) in [6.07, 6.45) is 1.68. The SMILES string of the molecule is CCOc1cnc2[nH]c(C)nc(=S)c2c1. The average molecular weight is 221 g/mol. The lowest BCUT2D eigenvalue weighted by atomic mass is 10.3. The van der Waals surface area contributed by atoms with Crippen LogP contribution in [0.25, 0.3) is 11.0 Å². The van der Waals surface area contributed by atoms with Gasteiger partial charge in [-0.2, -0.15) is 0 Å². The van der Waals surface area contributed by atoms with Crippen molar-refractivity contribution in [1.29, 1.82) is 0 Å². The van der Waals surface area contributed by atoms with Gasteiger partial charge in [-0.15, -0.1) is 0 Å². The van der Waals surface area contributed by atoms with E-state index in [0.29, 0.717) is 11.2 Å². The first kappa shape index (κ1) is 10.0. The van der Waals surface area contributed by atoms with Crippen LogP contribution in [0.15, 0.2) is 12.3 Å². The molecule has 0 saturated carbocycles. The lowest BCUT2D eigenvalue weighted by Crippen LogP contribution is -1.96. The summed E-state index contributed by atoms with van der Waals surface area (Å²) in [7, 11) is 0. The molecule has 1 N–H and O–H groups in total. The summed E-state index contributed by atoms with van der Waals surface area (Å²) in [5.74, 6) is 1.49. The van der Waals surface area contributed by atoms with Crippen molar-refractivity contribution >= 4 is 23.3 Å². The van der Waals surface area contributed by atoms with Crippen LogP contribution in [0.2, 0.25) is 0 Å².